The van der Waals surface area contributed by atoms with Crippen molar-refractivity contribution in [3.63, 3.8) is 0 Å². The van der Waals surface area contributed by atoms with E-state index < -0.39 is 37.5 Å². The lowest BCUT2D eigenvalue weighted by atomic mass is 9.93. The van der Waals surface area contributed by atoms with Crippen molar-refractivity contribution in [1.29, 1.82) is 0 Å². The van der Waals surface area contributed by atoms with Gasteiger partial charge in [0, 0.05) is 19.2 Å². The molecule has 2 heterocycles. The van der Waals surface area contributed by atoms with Crippen LogP contribution in [-0.4, -0.2) is 36.3 Å². The zero-order valence-electron chi connectivity index (χ0n) is 12.1. The average Bonchev–Trinajstić information content (AvgIpc) is 2.82. The van der Waals surface area contributed by atoms with Crippen LogP contribution in [0.3, 0.4) is 0 Å². The third-order valence-corrected chi connectivity index (χ3v) is 6.21. The predicted octanol–water partition coefficient (Wildman–Crippen LogP) is 1.90. The smallest absolute Gasteiger partial charge is 0.317 e. The van der Waals surface area contributed by atoms with Crippen molar-refractivity contribution >= 4 is 9.84 Å². The van der Waals surface area contributed by atoms with Crippen LogP contribution in [0.5, 0.6) is 0 Å². The largest absolute Gasteiger partial charge is 0.436 e. The molecule has 1 aliphatic heterocycles. The fraction of sp³-hybridized carbons (Fsp3) is 0.750. The highest BCUT2D eigenvalue weighted by Gasteiger charge is 2.52. The van der Waals surface area contributed by atoms with Gasteiger partial charge in [-0.25, -0.2) is 12.8 Å². The number of alkyl halides is 4. The summed E-state index contributed by atoms with van der Waals surface area (Å²) in [6, 6.07) is 0. The molecule has 1 aliphatic rings. The molecule has 0 aliphatic carbocycles. The summed E-state index contributed by atoms with van der Waals surface area (Å²) in [5.74, 6) is -0.861. The molecular formula is C12H17F4N3O2S. The Balaban J connectivity index is 2.50. The SMILES string of the molecule is Cn1cc(S(=O)(=O)C(C)(F)C2CCNCC2)c(C(F)(F)F)n1. The van der Waals surface area contributed by atoms with Crippen LogP contribution in [0.4, 0.5) is 17.6 Å². The van der Waals surface area contributed by atoms with Gasteiger partial charge in [-0.05, 0) is 32.9 Å². The zero-order chi connectivity index (χ0) is 16.8. The number of hydrogen-bond acceptors (Lipinski definition) is 4. The Morgan fingerprint density at radius 3 is 2.32 bits per heavy atom. The minimum Gasteiger partial charge on any atom is -0.317 e. The number of nitrogens with one attached hydrogen (secondary N) is 1. The summed E-state index contributed by atoms with van der Waals surface area (Å²) in [6.45, 7) is 1.70. The second-order valence-corrected chi connectivity index (χ2v) is 7.77. The summed E-state index contributed by atoms with van der Waals surface area (Å²) in [6.07, 6.45) is -3.77. The molecule has 1 saturated heterocycles. The molecule has 0 aromatic carbocycles. The van der Waals surface area contributed by atoms with E-state index in [0.29, 0.717) is 19.3 Å². The van der Waals surface area contributed by atoms with E-state index in [0.717, 1.165) is 18.7 Å². The van der Waals surface area contributed by atoms with E-state index in [1.807, 2.05) is 0 Å². The van der Waals surface area contributed by atoms with Crippen molar-refractivity contribution in [2.24, 2.45) is 13.0 Å². The first kappa shape index (κ1) is 17.2. The van der Waals surface area contributed by atoms with Crippen molar-refractivity contribution < 1.29 is 26.0 Å². The molecule has 22 heavy (non-hydrogen) atoms. The first-order valence-corrected chi connectivity index (χ1v) is 8.21. The zero-order valence-corrected chi connectivity index (χ0v) is 12.9. The summed E-state index contributed by atoms with van der Waals surface area (Å²) in [4.78, 5) is -1.11. The normalized spacial score (nSPS) is 20.8. The van der Waals surface area contributed by atoms with E-state index in [1.54, 1.807) is 0 Å². The number of halogens is 4. The Morgan fingerprint density at radius 1 is 1.27 bits per heavy atom. The van der Waals surface area contributed by atoms with E-state index in [1.165, 1.54) is 0 Å². The monoisotopic (exact) mass is 343 g/mol. The van der Waals surface area contributed by atoms with Crippen molar-refractivity contribution in [2.45, 2.75) is 35.8 Å². The fourth-order valence-corrected chi connectivity index (χ4v) is 4.44. The minimum atomic E-state index is -4.96. The van der Waals surface area contributed by atoms with Crippen LogP contribution >= 0.6 is 0 Å². The molecule has 5 nitrogen and oxygen atoms in total. The number of aryl methyl sites for hydroxylation is 1. The third kappa shape index (κ3) is 2.85. The van der Waals surface area contributed by atoms with E-state index in [9.17, 15) is 26.0 Å². The second kappa shape index (κ2) is 5.48. The van der Waals surface area contributed by atoms with Gasteiger partial charge >= 0.3 is 6.18 Å². The maximum Gasteiger partial charge on any atom is 0.436 e. The molecule has 2 rings (SSSR count). The first-order chi connectivity index (χ1) is 9.98. The van der Waals surface area contributed by atoms with Gasteiger partial charge in [0.1, 0.15) is 4.90 Å². The molecule has 0 amide bonds. The molecule has 1 N–H and O–H groups in total. The number of aromatic nitrogens is 2. The predicted molar refractivity (Wildman–Crippen MR) is 70.5 cm³/mol. The van der Waals surface area contributed by atoms with Gasteiger partial charge in [-0.3, -0.25) is 4.68 Å². The molecule has 0 spiro atoms. The standard InChI is InChI=1S/C12H17F4N3O2S/c1-11(13,8-3-5-17-6-4-8)22(20,21)9-7-19(2)18-10(9)12(14,15)16/h7-8,17H,3-6H2,1-2H3. The quantitative estimate of drug-likeness (QED) is 0.852. The minimum absolute atomic E-state index is 0.244. The maximum absolute atomic E-state index is 15.0. The van der Waals surface area contributed by atoms with Crippen LogP contribution in [0.1, 0.15) is 25.5 Å². The van der Waals surface area contributed by atoms with Crippen molar-refractivity contribution in [2.75, 3.05) is 13.1 Å². The Hall–Kier alpha value is -1.16. The van der Waals surface area contributed by atoms with Crippen LogP contribution in [0.25, 0.3) is 0 Å². The van der Waals surface area contributed by atoms with Crippen LogP contribution in [-0.2, 0) is 23.1 Å². The van der Waals surface area contributed by atoms with Gasteiger partial charge in [0.15, 0.2) is 5.69 Å². The molecule has 1 unspecified atom stereocenters. The van der Waals surface area contributed by atoms with Gasteiger partial charge in [-0.1, -0.05) is 0 Å². The maximum atomic E-state index is 15.0. The van der Waals surface area contributed by atoms with Gasteiger partial charge in [0.25, 0.3) is 0 Å². The molecule has 1 aromatic rings. The molecule has 0 radical (unpaired) electrons. The molecule has 126 valence electrons. The van der Waals surface area contributed by atoms with Crippen molar-refractivity contribution in [1.82, 2.24) is 15.1 Å². The number of sulfone groups is 1. The van der Waals surface area contributed by atoms with Crippen LogP contribution in [0, 0.1) is 5.92 Å². The summed E-state index contributed by atoms with van der Waals surface area (Å²) < 4.78 is 79.5. The molecule has 1 fully saturated rings. The van der Waals surface area contributed by atoms with Gasteiger partial charge in [-0.15, -0.1) is 0 Å². The molecular weight excluding hydrogens is 326 g/mol. The Kier molecular flexibility index (Phi) is 4.29. The Bertz CT molecular complexity index is 646. The van der Waals surface area contributed by atoms with Crippen LogP contribution in [0.15, 0.2) is 11.1 Å². The van der Waals surface area contributed by atoms with Crippen LogP contribution < -0.4 is 5.32 Å². The molecule has 1 aromatic heterocycles. The topological polar surface area (TPSA) is 64.0 Å². The molecule has 1 atom stereocenters. The van der Waals surface area contributed by atoms with E-state index >= 15 is 0 Å². The molecule has 0 bridgehead atoms. The van der Waals surface area contributed by atoms with Gasteiger partial charge in [-0.2, -0.15) is 18.3 Å². The number of piperidine rings is 1. The van der Waals surface area contributed by atoms with Gasteiger partial charge in [0.2, 0.25) is 14.8 Å². The van der Waals surface area contributed by atoms with Gasteiger partial charge < -0.3 is 5.32 Å². The average molecular weight is 343 g/mol. The second-order valence-electron chi connectivity index (χ2n) is 5.53. The Morgan fingerprint density at radius 2 is 1.82 bits per heavy atom. The fourth-order valence-electron chi connectivity index (χ4n) is 2.63. The summed E-state index contributed by atoms with van der Waals surface area (Å²) in [7, 11) is -3.67. The highest BCUT2D eigenvalue weighted by atomic mass is 32.2. The number of rotatable bonds is 3. The summed E-state index contributed by atoms with van der Waals surface area (Å²) in [5, 5.41) is 3.32. The van der Waals surface area contributed by atoms with E-state index in [-0.39, 0.29) is 12.8 Å². The lowest BCUT2D eigenvalue weighted by Gasteiger charge is -2.33. The molecule has 0 saturated carbocycles. The molecule has 10 heteroatoms. The highest BCUT2D eigenvalue weighted by molar-refractivity contribution is 7.92. The number of nitrogens with zero attached hydrogens (tertiary/aromatic N) is 2. The lowest BCUT2D eigenvalue weighted by Crippen LogP contribution is -2.44. The highest BCUT2D eigenvalue weighted by Crippen LogP contribution is 2.42. The lowest BCUT2D eigenvalue weighted by molar-refractivity contribution is -0.143. The van der Waals surface area contributed by atoms with Gasteiger partial charge in [0.05, 0.1) is 0 Å². The van der Waals surface area contributed by atoms with E-state index in [4.69, 9.17) is 0 Å². The van der Waals surface area contributed by atoms with Crippen molar-refractivity contribution in [3.8, 4) is 0 Å². The van der Waals surface area contributed by atoms with Crippen molar-refractivity contribution in [3.05, 3.63) is 11.9 Å². The van der Waals surface area contributed by atoms with Crippen LogP contribution in [0.2, 0.25) is 0 Å². The Labute approximate surface area is 125 Å². The summed E-state index contributed by atoms with van der Waals surface area (Å²) in [5.41, 5.74) is -1.58. The third-order valence-electron chi connectivity index (χ3n) is 3.95. The first-order valence-electron chi connectivity index (χ1n) is 6.73. The van der Waals surface area contributed by atoms with E-state index in [2.05, 4.69) is 10.4 Å². The summed E-state index contributed by atoms with van der Waals surface area (Å²) >= 11 is 0. The number of hydrogen-bond donors (Lipinski definition) is 1.